The summed E-state index contributed by atoms with van der Waals surface area (Å²) in [7, 11) is 0. The third kappa shape index (κ3) is 2.63. The minimum Gasteiger partial charge on any atom is -0.506 e. The number of hydrogen-bond donors (Lipinski definition) is 2. The lowest BCUT2D eigenvalue weighted by Gasteiger charge is -2.03. The van der Waals surface area contributed by atoms with E-state index in [1.807, 2.05) is 0 Å². The third-order valence-electron chi connectivity index (χ3n) is 1.68. The minimum atomic E-state index is -0.889. The smallest absolute Gasteiger partial charge is 0.303 e. The number of aliphatic carboxylic acids is 1. The fourth-order valence-corrected chi connectivity index (χ4v) is 1.20. The van der Waals surface area contributed by atoms with Gasteiger partial charge < -0.3 is 10.2 Å². The lowest BCUT2D eigenvalue weighted by Crippen LogP contribution is -1.97. The van der Waals surface area contributed by atoms with E-state index in [4.69, 9.17) is 16.7 Å². The van der Waals surface area contributed by atoms with E-state index in [2.05, 4.69) is 0 Å². The average Bonchev–Trinajstić information content (AvgIpc) is 2.07. The van der Waals surface area contributed by atoms with E-state index >= 15 is 0 Å². The number of carbonyl (C=O) groups is 1. The van der Waals surface area contributed by atoms with Crippen LogP contribution in [0.15, 0.2) is 18.2 Å². The number of halogens is 1. The zero-order valence-electron chi connectivity index (χ0n) is 6.83. The van der Waals surface area contributed by atoms with Gasteiger partial charge in [-0.25, -0.2) is 0 Å². The maximum absolute atomic E-state index is 10.3. The number of phenolic OH excluding ortho intramolecular Hbond substituents is 1. The van der Waals surface area contributed by atoms with Gasteiger partial charge in [-0.05, 0) is 18.1 Å². The molecule has 0 aromatic heterocycles. The van der Waals surface area contributed by atoms with Crippen molar-refractivity contribution in [3.63, 3.8) is 0 Å². The van der Waals surface area contributed by atoms with E-state index in [-0.39, 0.29) is 17.2 Å². The van der Waals surface area contributed by atoms with E-state index in [1.54, 1.807) is 18.2 Å². The molecule has 1 aromatic rings. The number of hydrogen-bond acceptors (Lipinski definition) is 2. The molecular formula is C9H9ClO3. The molecule has 0 unspecified atom stereocenters. The second-order valence-corrected chi connectivity index (χ2v) is 3.05. The predicted molar refractivity (Wildman–Crippen MR) is 49.1 cm³/mol. The van der Waals surface area contributed by atoms with Crippen LogP contribution in [0.5, 0.6) is 5.75 Å². The molecule has 0 aliphatic carbocycles. The molecule has 0 bridgehead atoms. The summed E-state index contributed by atoms with van der Waals surface area (Å²) >= 11 is 5.63. The molecule has 0 saturated carbocycles. The van der Waals surface area contributed by atoms with Crippen LogP contribution >= 0.6 is 11.6 Å². The number of aromatic hydroxyl groups is 1. The quantitative estimate of drug-likeness (QED) is 0.785. The van der Waals surface area contributed by atoms with Gasteiger partial charge >= 0.3 is 5.97 Å². The van der Waals surface area contributed by atoms with Gasteiger partial charge in [-0.3, -0.25) is 4.79 Å². The molecule has 0 amide bonds. The first-order chi connectivity index (χ1) is 6.11. The monoisotopic (exact) mass is 200 g/mol. The van der Waals surface area contributed by atoms with Crippen molar-refractivity contribution in [2.24, 2.45) is 0 Å². The highest BCUT2D eigenvalue weighted by molar-refractivity contribution is 6.32. The van der Waals surface area contributed by atoms with Gasteiger partial charge in [0.2, 0.25) is 0 Å². The van der Waals surface area contributed by atoms with Crippen LogP contribution < -0.4 is 0 Å². The van der Waals surface area contributed by atoms with Crippen LogP contribution in [0.3, 0.4) is 0 Å². The maximum atomic E-state index is 10.3. The predicted octanol–water partition coefficient (Wildman–Crippen LogP) is 2.06. The van der Waals surface area contributed by atoms with Crippen molar-refractivity contribution in [2.75, 3.05) is 0 Å². The molecule has 2 N–H and O–H groups in total. The average molecular weight is 201 g/mol. The lowest BCUT2D eigenvalue weighted by atomic mass is 10.1. The molecule has 70 valence electrons. The third-order valence-corrected chi connectivity index (χ3v) is 1.98. The summed E-state index contributed by atoms with van der Waals surface area (Å²) in [4.78, 5) is 10.3. The molecule has 0 spiro atoms. The Balaban J connectivity index is 2.77. The van der Waals surface area contributed by atoms with Crippen molar-refractivity contribution in [3.8, 4) is 5.75 Å². The molecule has 4 heteroatoms. The summed E-state index contributed by atoms with van der Waals surface area (Å²) in [6.45, 7) is 0. The number of phenols is 1. The second-order valence-electron chi connectivity index (χ2n) is 2.64. The number of benzene rings is 1. The van der Waals surface area contributed by atoms with E-state index < -0.39 is 5.97 Å². The summed E-state index contributed by atoms with van der Waals surface area (Å²) in [6, 6.07) is 4.89. The van der Waals surface area contributed by atoms with Gasteiger partial charge in [-0.2, -0.15) is 0 Å². The Kier molecular flexibility index (Phi) is 3.14. The molecule has 0 aliphatic heterocycles. The van der Waals surface area contributed by atoms with Crippen LogP contribution in [0.4, 0.5) is 0 Å². The fourth-order valence-electron chi connectivity index (χ4n) is 1.00. The number of rotatable bonds is 3. The highest BCUT2D eigenvalue weighted by Gasteiger charge is 2.06. The van der Waals surface area contributed by atoms with Gasteiger partial charge in [0, 0.05) is 6.42 Å². The second kappa shape index (κ2) is 4.14. The highest BCUT2D eigenvalue weighted by atomic mass is 35.5. The highest BCUT2D eigenvalue weighted by Crippen LogP contribution is 2.27. The van der Waals surface area contributed by atoms with Crippen LogP contribution in [0.25, 0.3) is 0 Å². The van der Waals surface area contributed by atoms with E-state index in [0.29, 0.717) is 12.0 Å². The normalized spacial score (nSPS) is 9.92. The first kappa shape index (κ1) is 9.86. The van der Waals surface area contributed by atoms with Crippen molar-refractivity contribution in [1.82, 2.24) is 0 Å². The fraction of sp³-hybridized carbons (Fsp3) is 0.222. The molecule has 1 aromatic carbocycles. The van der Waals surface area contributed by atoms with Crippen LogP contribution in [0, 0.1) is 0 Å². The number of carboxylic acids is 1. The number of para-hydroxylation sites is 1. The lowest BCUT2D eigenvalue weighted by molar-refractivity contribution is -0.136. The molecule has 0 aliphatic rings. The SMILES string of the molecule is O=C(O)CCc1cccc(Cl)c1O. The molecule has 0 radical (unpaired) electrons. The Hall–Kier alpha value is -1.22. The van der Waals surface area contributed by atoms with Crippen molar-refractivity contribution < 1.29 is 15.0 Å². The summed E-state index contributed by atoms with van der Waals surface area (Å²) < 4.78 is 0. The Morgan fingerprint density at radius 3 is 2.77 bits per heavy atom. The van der Waals surface area contributed by atoms with Crippen LogP contribution in [-0.2, 0) is 11.2 Å². The zero-order valence-corrected chi connectivity index (χ0v) is 7.58. The molecule has 1 rings (SSSR count). The molecule has 0 atom stereocenters. The largest absolute Gasteiger partial charge is 0.506 e. The van der Waals surface area contributed by atoms with Gasteiger partial charge in [0.1, 0.15) is 5.75 Å². The Morgan fingerprint density at radius 1 is 1.46 bits per heavy atom. The van der Waals surface area contributed by atoms with Crippen LogP contribution in [-0.4, -0.2) is 16.2 Å². The number of carboxylic acid groups (broad SMARTS) is 1. The van der Waals surface area contributed by atoms with E-state index in [1.165, 1.54) is 0 Å². The van der Waals surface area contributed by atoms with Gasteiger partial charge in [0.15, 0.2) is 0 Å². The van der Waals surface area contributed by atoms with Crippen LogP contribution in [0.1, 0.15) is 12.0 Å². The molecule has 13 heavy (non-hydrogen) atoms. The van der Waals surface area contributed by atoms with Crippen molar-refractivity contribution in [1.29, 1.82) is 0 Å². The van der Waals surface area contributed by atoms with Crippen molar-refractivity contribution in [3.05, 3.63) is 28.8 Å². The zero-order chi connectivity index (χ0) is 9.84. The molecular weight excluding hydrogens is 192 g/mol. The molecule has 0 heterocycles. The molecule has 3 nitrogen and oxygen atoms in total. The van der Waals surface area contributed by atoms with E-state index in [9.17, 15) is 9.90 Å². The summed E-state index contributed by atoms with van der Waals surface area (Å²) in [5.74, 6) is -0.912. The van der Waals surface area contributed by atoms with Crippen LogP contribution in [0.2, 0.25) is 5.02 Å². The number of aryl methyl sites for hydroxylation is 1. The maximum Gasteiger partial charge on any atom is 0.303 e. The summed E-state index contributed by atoms with van der Waals surface area (Å²) in [5, 5.41) is 18.1. The minimum absolute atomic E-state index is 0.00605. The first-order valence-electron chi connectivity index (χ1n) is 3.79. The Labute approximate surface area is 80.6 Å². The van der Waals surface area contributed by atoms with Gasteiger partial charge in [0.05, 0.1) is 5.02 Å². The standard InChI is InChI=1S/C9H9ClO3/c10-7-3-1-2-6(9(7)13)4-5-8(11)12/h1-3,13H,4-5H2,(H,11,12). The summed E-state index contributed by atoms with van der Waals surface area (Å²) in [6.07, 6.45) is 0.287. The summed E-state index contributed by atoms with van der Waals surface area (Å²) in [5.41, 5.74) is 0.565. The Morgan fingerprint density at radius 2 is 2.15 bits per heavy atom. The molecule has 0 saturated heterocycles. The van der Waals surface area contributed by atoms with Crippen molar-refractivity contribution in [2.45, 2.75) is 12.8 Å². The van der Waals surface area contributed by atoms with Gasteiger partial charge in [0.25, 0.3) is 0 Å². The van der Waals surface area contributed by atoms with E-state index in [0.717, 1.165) is 0 Å². The van der Waals surface area contributed by atoms with Gasteiger partial charge in [-0.1, -0.05) is 23.7 Å². The molecule has 0 fully saturated rings. The van der Waals surface area contributed by atoms with Gasteiger partial charge in [-0.15, -0.1) is 0 Å². The first-order valence-corrected chi connectivity index (χ1v) is 4.17. The van der Waals surface area contributed by atoms with Crippen molar-refractivity contribution >= 4 is 17.6 Å². The topological polar surface area (TPSA) is 57.5 Å². The Bertz CT molecular complexity index is 323.